The highest BCUT2D eigenvalue weighted by atomic mass is 16.3. The summed E-state index contributed by atoms with van der Waals surface area (Å²) in [4.78, 5) is 0. The molecule has 0 spiro atoms. The van der Waals surface area contributed by atoms with Crippen molar-refractivity contribution in [2.75, 3.05) is 0 Å². The van der Waals surface area contributed by atoms with E-state index < -0.39 is 0 Å². The summed E-state index contributed by atoms with van der Waals surface area (Å²) >= 11 is 0. The Morgan fingerprint density at radius 3 is 2.80 bits per heavy atom. The van der Waals surface area contributed by atoms with Crippen LogP contribution in [0.5, 0.6) is 5.75 Å². The molecule has 2 rings (SSSR count). The van der Waals surface area contributed by atoms with Gasteiger partial charge >= 0.3 is 0 Å². The lowest BCUT2D eigenvalue weighted by atomic mass is 9.87. The quantitative estimate of drug-likeness (QED) is 0.797. The molecule has 1 aromatic carbocycles. The zero-order valence-electron chi connectivity index (χ0n) is 13.2. The van der Waals surface area contributed by atoms with E-state index in [9.17, 15) is 5.11 Å². The summed E-state index contributed by atoms with van der Waals surface area (Å²) in [5.41, 5.74) is 2.72. The predicted molar refractivity (Wildman–Crippen MR) is 85.1 cm³/mol. The van der Waals surface area contributed by atoms with Gasteiger partial charge in [-0.1, -0.05) is 32.8 Å². The van der Waals surface area contributed by atoms with Gasteiger partial charge in [0, 0.05) is 12.1 Å². The van der Waals surface area contributed by atoms with Gasteiger partial charge in [0.1, 0.15) is 5.75 Å². The molecule has 1 aliphatic rings. The molecule has 1 aromatic rings. The van der Waals surface area contributed by atoms with Crippen LogP contribution < -0.4 is 5.32 Å². The molecule has 2 N–H and O–H groups in total. The molecule has 2 unspecified atom stereocenters. The molecule has 1 aliphatic carbocycles. The summed E-state index contributed by atoms with van der Waals surface area (Å²) < 4.78 is 0. The Kier molecular flexibility index (Phi) is 5.47. The summed E-state index contributed by atoms with van der Waals surface area (Å²) in [5, 5.41) is 13.4. The first-order chi connectivity index (χ1) is 9.56. The van der Waals surface area contributed by atoms with E-state index in [1.165, 1.54) is 43.2 Å². The van der Waals surface area contributed by atoms with E-state index in [0.29, 0.717) is 17.8 Å². The lowest BCUT2D eigenvalue weighted by molar-refractivity contribution is 0.379. The van der Waals surface area contributed by atoms with Crippen LogP contribution in [0.15, 0.2) is 18.2 Å². The van der Waals surface area contributed by atoms with Gasteiger partial charge in [0.05, 0.1) is 0 Å². The summed E-state index contributed by atoms with van der Waals surface area (Å²) in [6.07, 6.45) is 7.41. The smallest absolute Gasteiger partial charge is 0.115 e. The minimum Gasteiger partial charge on any atom is -0.508 e. The van der Waals surface area contributed by atoms with Crippen LogP contribution in [0.1, 0.15) is 70.0 Å². The summed E-state index contributed by atoms with van der Waals surface area (Å²) in [7, 11) is 0. The molecule has 0 amide bonds. The third-order valence-corrected chi connectivity index (χ3v) is 4.35. The maximum Gasteiger partial charge on any atom is 0.115 e. The molecule has 0 saturated carbocycles. The Morgan fingerprint density at radius 1 is 1.25 bits per heavy atom. The number of benzene rings is 1. The van der Waals surface area contributed by atoms with Crippen molar-refractivity contribution in [3.05, 3.63) is 29.3 Å². The zero-order valence-corrected chi connectivity index (χ0v) is 13.2. The van der Waals surface area contributed by atoms with Gasteiger partial charge in [0.25, 0.3) is 0 Å². The maximum absolute atomic E-state index is 9.60. The number of phenols is 1. The van der Waals surface area contributed by atoms with Crippen LogP contribution >= 0.6 is 0 Å². The van der Waals surface area contributed by atoms with Crippen LogP contribution in [0.4, 0.5) is 0 Å². The van der Waals surface area contributed by atoms with Gasteiger partial charge in [-0.2, -0.15) is 0 Å². The van der Waals surface area contributed by atoms with E-state index in [4.69, 9.17) is 0 Å². The topological polar surface area (TPSA) is 32.3 Å². The number of aryl methyl sites for hydroxylation is 1. The van der Waals surface area contributed by atoms with E-state index in [1.54, 1.807) is 0 Å². The normalized spacial score (nSPS) is 19.9. The minimum absolute atomic E-state index is 0.398. The maximum atomic E-state index is 9.60. The van der Waals surface area contributed by atoms with Crippen LogP contribution in [-0.2, 0) is 6.42 Å². The predicted octanol–water partition coefficient (Wildman–Crippen LogP) is 4.57. The number of hydrogen-bond donors (Lipinski definition) is 2. The third kappa shape index (κ3) is 4.24. The summed E-state index contributed by atoms with van der Waals surface area (Å²) in [6, 6.07) is 6.89. The van der Waals surface area contributed by atoms with Crippen LogP contribution in [0.3, 0.4) is 0 Å². The zero-order chi connectivity index (χ0) is 14.5. The molecular weight excluding hydrogens is 246 g/mol. The average molecular weight is 275 g/mol. The van der Waals surface area contributed by atoms with Crippen molar-refractivity contribution in [1.82, 2.24) is 5.32 Å². The minimum atomic E-state index is 0.398. The first-order valence-electron chi connectivity index (χ1n) is 8.14. The van der Waals surface area contributed by atoms with Gasteiger partial charge in [-0.25, -0.2) is 0 Å². The van der Waals surface area contributed by atoms with E-state index >= 15 is 0 Å². The Morgan fingerprint density at radius 2 is 2.05 bits per heavy atom. The van der Waals surface area contributed by atoms with Crippen LogP contribution in [0, 0.1) is 5.92 Å². The second kappa shape index (κ2) is 7.12. The van der Waals surface area contributed by atoms with E-state index in [1.807, 2.05) is 12.1 Å². The highest BCUT2D eigenvalue weighted by Gasteiger charge is 2.21. The van der Waals surface area contributed by atoms with Crippen molar-refractivity contribution in [3.8, 4) is 5.75 Å². The van der Waals surface area contributed by atoms with Crippen molar-refractivity contribution >= 4 is 0 Å². The SMILES string of the molecule is CC(C)CCCC(C)NC1CCCc2cc(O)ccc21. The van der Waals surface area contributed by atoms with E-state index in [2.05, 4.69) is 32.2 Å². The Hall–Kier alpha value is -1.02. The van der Waals surface area contributed by atoms with E-state index in [0.717, 1.165) is 12.3 Å². The number of nitrogens with one attached hydrogen (secondary N) is 1. The van der Waals surface area contributed by atoms with Crippen molar-refractivity contribution in [2.24, 2.45) is 5.92 Å². The average Bonchev–Trinajstić information content (AvgIpc) is 2.38. The van der Waals surface area contributed by atoms with Gasteiger partial charge in [-0.3, -0.25) is 0 Å². The molecule has 0 aromatic heterocycles. The monoisotopic (exact) mass is 275 g/mol. The Labute approximate surface area is 123 Å². The van der Waals surface area contributed by atoms with Gasteiger partial charge < -0.3 is 10.4 Å². The second-order valence-electron chi connectivity index (χ2n) is 6.72. The highest BCUT2D eigenvalue weighted by Crippen LogP contribution is 2.32. The molecule has 0 saturated heterocycles. The molecule has 0 bridgehead atoms. The second-order valence-corrected chi connectivity index (χ2v) is 6.72. The molecule has 0 radical (unpaired) electrons. The van der Waals surface area contributed by atoms with Crippen LogP contribution in [-0.4, -0.2) is 11.1 Å². The van der Waals surface area contributed by atoms with Crippen LogP contribution in [0.2, 0.25) is 0 Å². The van der Waals surface area contributed by atoms with Crippen LogP contribution in [0.25, 0.3) is 0 Å². The number of fused-ring (bicyclic) bond motifs is 1. The fraction of sp³-hybridized carbons (Fsp3) is 0.667. The summed E-state index contributed by atoms with van der Waals surface area (Å²) in [5.74, 6) is 1.20. The lowest BCUT2D eigenvalue weighted by Crippen LogP contribution is -2.32. The van der Waals surface area contributed by atoms with Gasteiger partial charge in [0.2, 0.25) is 0 Å². The number of hydrogen-bond acceptors (Lipinski definition) is 2. The third-order valence-electron chi connectivity index (χ3n) is 4.35. The molecular formula is C18H29NO. The summed E-state index contributed by atoms with van der Waals surface area (Å²) in [6.45, 7) is 6.89. The first kappa shape index (κ1) is 15.4. The fourth-order valence-corrected chi connectivity index (χ4v) is 3.23. The molecule has 0 fully saturated rings. The van der Waals surface area contributed by atoms with Crippen molar-refractivity contribution < 1.29 is 5.11 Å². The van der Waals surface area contributed by atoms with Crippen molar-refractivity contribution in [3.63, 3.8) is 0 Å². The molecule has 20 heavy (non-hydrogen) atoms. The molecule has 0 aliphatic heterocycles. The number of phenolic OH excluding ortho intramolecular Hbond substituents is 1. The number of rotatable bonds is 6. The molecule has 2 heteroatoms. The standard InChI is InChI=1S/C18H29NO/c1-13(2)6-4-7-14(3)19-18-9-5-8-15-12-16(20)10-11-17(15)18/h10-14,18-20H,4-9H2,1-3H3. The van der Waals surface area contributed by atoms with E-state index in [-0.39, 0.29) is 0 Å². The lowest BCUT2D eigenvalue weighted by Gasteiger charge is -2.29. The molecule has 2 nitrogen and oxygen atoms in total. The first-order valence-corrected chi connectivity index (χ1v) is 8.14. The van der Waals surface area contributed by atoms with Gasteiger partial charge in [-0.15, -0.1) is 0 Å². The largest absolute Gasteiger partial charge is 0.508 e. The Balaban J connectivity index is 1.91. The van der Waals surface area contributed by atoms with Gasteiger partial charge in [0.15, 0.2) is 0 Å². The van der Waals surface area contributed by atoms with Crippen molar-refractivity contribution in [2.45, 2.75) is 71.4 Å². The van der Waals surface area contributed by atoms with Crippen molar-refractivity contribution in [1.29, 1.82) is 0 Å². The highest BCUT2D eigenvalue weighted by molar-refractivity contribution is 5.38. The fourth-order valence-electron chi connectivity index (χ4n) is 3.23. The Bertz CT molecular complexity index is 427. The molecule has 0 heterocycles. The number of aromatic hydroxyl groups is 1. The molecule has 112 valence electrons. The van der Waals surface area contributed by atoms with Gasteiger partial charge in [-0.05, 0) is 61.8 Å². The molecule has 2 atom stereocenters.